The molecule has 0 radical (unpaired) electrons. The normalized spacial score (nSPS) is 9.50. The van der Waals surface area contributed by atoms with Crippen molar-refractivity contribution in [1.29, 1.82) is 0 Å². The van der Waals surface area contributed by atoms with E-state index >= 15 is 0 Å². The van der Waals surface area contributed by atoms with Gasteiger partial charge in [0.1, 0.15) is 5.75 Å². The zero-order valence-corrected chi connectivity index (χ0v) is 8.97. The second-order valence-electron chi connectivity index (χ2n) is 2.43. The minimum absolute atomic E-state index is 0. The SMILES string of the molecule is COc1ccc(C=CC(=O)[O-])cc1.[Ag+]. The van der Waals surface area contributed by atoms with Crippen molar-refractivity contribution in [3.05, 3.63) is 35.9 Å². The van der Waals surface area contributed by atoms with E-state index in [4.69, 9.17) is 4.74 Å². The summed E-state index contributed by atoms with van der Waals surface area (Å²) in [6.07, 6.45) is 2.45. The van der Waals surface area contributed by atoms with Crippen molar-refractivity contribution in [2.45, 2.75) is 0 Å². The molecule has 0 aliphatic heterocycles. The molecule has 3 nitrogen and oxygen atoms in total. The second kappa shape index (κ2) is 6.43. The van der Waals surface area contributed by atoms with Crippen LogP contribution < -0.4 is 9.84 Å². The Kier molecular flexibility index (Phi) is 5.96. The molecule has 1 rings (SSSR count). The van der Waals surface area contributed by atoms with Gasteiger partial charge in [0.05, 0.1) is 13.1 Å². The summed E-state index contributed by atoms with van der Waals surface area (Å²) in [6, 6.07) is 7.04. The molecule has 14 heavy (non-hydrogen) atoms. The molecule has 0 aliphatic rings. The Morgan fingerprint density at radius 2 is 1.93 bits per heavy atom. The predicted octanol–water partition coefficient (Wildman–Crippen LogP) is 0.456. The summed E-state index contributed by atoms with van der Waals surface area (Å²) in [6.45, 7) is 0. The topological polar surface area (TPSA) is 49.4 Å². The van der Waals surface area contributed by atoms with Crippen LogP contribution in [-0.4, -0.2) is 13.1 Å². The Labute approximate surface area is 97.9 Å². The maximum atomic E-state index is 10.1. The number of carbonyl (C=O) groups is 1. The first kappa shape index (κ1) is 13.0. The van der Waals surface area contributed by atoms with Crippen LogP contribution in [0.3, 0.4) is 0 Å². The van der Waals surface area contributed by atoms with Crippen LogP contribution in [-0.2, 0) is 27.2 Å². The fourth-order valence-corrected chi connectivity index (χ4v) is 0.879. The molecule has 0 unspecified atom stereocenters. The first-order valence-corrected chi connectivity index (χ1v) is 3.75. The van der Waals surface area contributed by atoms with E-state index in [0.717, 1.165) is 17.4 Å². The summed E-state index contributed by atoms with van der Waals surface area (Å²) < 4.78 is 4.94. The van der Waals surface area contributed by atoms with E-state index in [-0.39, 0.29) is 22.4 Å². The molecule has 1 aromatic carbocycles. The quantitative estimate of drug-likeness (QED) is 0.598. The predicted molar refractivity (Wildman–Crippen MR) is 47.0 cm³/mol. The van der Waals surface area contributed by atoms with Gasteiger partial charge < -0.3 is 14.6 Å². The second-order valence-corrected chi connectivity index (χ2v) is 2.43. The van der Waals surface area contributed by atoms with Crippen LogP contribution in [0.15, 0.2) is 30.3 Å². The number of carbonyl (C=O) groups excluding carboxylic acids is 1. The van der Waals surface area contributed by atoms with Crippen LogP contribution in [0.4, 0.5) is 0 Å². The third kappa shape index (κ3) is 4.28. The molecule has 0 aromatic heterocycles. The molecule has 0 bridgehead atoms. The summed E-state index contributed by atoms with van der Waals surface area (Å²) in [5, 5.41) is 10.1. The van der Waals surface area contributed by atoms with Crippen LogP contribution in [0, 0.1) is 0 Å². The van der Waals surface area contributed by atoms with Gasteiger partial charge in [-0.15, -0.1) is 0 Å². The van der Waals surface area contributed by atoms with Crippen LogP contribution in [0.2, 0.25) is 0 Å². The van der Waals surface area contributed by atoms with E-state index in [1.54, 1.807) is 31.4 Å². The van der Waals surface area contributed by atoms with Crippen LogP contribution >= 0.6 is 0 Å². The number of carboxylic acids is 1. The number of benzene rings is 1. The summed E-state index contributed by atoms with van der Waals surface area (Å²) in [5.41, 5.74) is 0.796. The fourth-order valence-electron chi connectivity index (χ4n) is 0.879. The van der Waals surface area contributed by atoms with E-state index in [9.17, 15) is 9.90 Å². The molecule has 78 valence electrons. The van der Waals surface area contributed by atoms with Gasteiger partial charge in [0.25, 0.3) is 0 Å². The van der Waals surface area contributed by atoms with Crippen molar-refractivity contribution in [3.8, 4) is 5.75 Å². The Hall–Kier alpha value is -1.03. The van der Waals surface area contributed by atoms with E-state index < -0.39 is 5.97 Å². The molecule has 4 heteroatoms. The summed E-state index contributed by atoms with van der Waals surface area (Å²) in [5.74, 6) is -0.457. The Morgan fingerprint density at radius 3 is 2.36 bits per heavy atom. The minimum Gasteiger partial charge on any atom is -0.545 e. The molecule has 0 heterocycles. The van der Waals surface area contributed by atoms with Gasteiger partial charge in [0.2, 0.25) is 0 Å². The van der Waals surface area contributed by atoms with Crippen LogP contribution in [0.5, 0.6) is 5.75 Å². The van der Waals surface area contributed by atoms with Gasteiger partial charge in [-0.2, -0.15) is 0 Å². The largest absolute Gasteiger partial charge is 1.00 e. The van der Waals surface area contributed by atoms with Crippen molar-refractivity contribution in [1.82, 2.24) is 0 Å². The van der Waals surface area contributed by atoms with Crippen molar-refractivity contribution < 1.29 is 37.0 Å². The van der Waals surface area contributed by atoms with Crippen molar-refractivity contribution in [2.75, 3.05) is 7.11 Å². The molecule has 1 aromatic rings. The molecule has 0 atom stereocenters. The van der Waals surface area contributed by atoms with Crippen molar-refractivity contribution in [3.63, 3.8) is 0 Å². The Morgan fingerprint density at radius 1 is 1.36 bits per heavy atom. The summed E-state index contributed by atoms with van der Waals surface area (Å²) in [4.78, 5) is 10.1. The van der Waals surface area contributed by atoms with Gasteiger partial charge in [-0.25, -0.2) is 0 Å². The third-order valence-corrected chi connectivity index (χ3v) is 1.53. The molecule has 0 saturated carbocycles. The van der Waals surface area contributed by atoms with E-state index in [1.807, 2.05) is 0 Å². The average molecular weight is 285 g/mol. The number of hydrogen-bond donors (Lipinski definition) is 0. The molecule has 0 fully saturated rings. The fraction of sp³-hybridized carbons (Fsp3) is 0.100. The van der Waals surface area contributed by atoms with Gasteiger partial charge in [-0.1, -0.05) is 18.2 Å². The van der Waals surface area contributed by atoms with Gasteiger partial charge in [-0.3, -0.25) is 0 Å². The first-order valence-electron chi connectivity index (χ1n) is 3.75. The zero-order chi connectivity index (χ0) is 9.68. The van der Waals surface area contributed by atoms with E-state index in [1.165, 1.54) is 6.08 Å². The standard InChI is InChI=1S/C10H10O3.Ag/c1-13-9-5-2-8(3-6-9)4-7-10(11)12;/h2-7H,1H3,(H,11,12);/q;+1/p-1. The monoisotopic (exact) mass is 284 g/mol. The molecule has 0 aliphatic carbocycles. The van der Waals surface area contributed by atoms with Gasteiger partial charge in [0, 0.05) is 0 Å². The number of hydrogen-bond acceptors (Lipinski definition) is 3. The maximum absolute atomic E-state index is 10.1. The van der Waals surface area contributed by atoms with Crippen LogP contribution in [0.1, 0.15) is 5.56 Å². The summed E-state index contributed by atoms with van der Waals surface area (Å²) in [7, 11) is 1.58. The minimum atomic E-state index is -1.20. The van der Waals surface area contributed by atoms with Gasteiger partial charge in [0.15, 0.2) is 0 Å². The van der Waals surface area contributed by atoms with Gasteiger partial charge >= 0.3 is 22.4 Å². The number of aliphatic carboxylic acids is 1. The number of ether oxygens (including phenoxy) is 1. The molecular formula is C10H9AgO3. The molecule has 0 N–H and O–H groups in total. The number of methoxy groups -OCH3 is 1. The van der Waals surface area contributed by atoms with E-state index in [2.05, 4.69) is 0 Å². The Balaban J connectivity index is 0.00000169. The van der Waals surface area contributed by atoms with Crippen molar-refractivity contribution >= 4 is 12.0 Å². The Bertz CT molecular complexity index is 317. The van der Waals surface area contributed by atoms with E-state index in [0.29, 0.717) is 0 Å². The zero-order valence-electron chi connectivity index (χ0n) is 7.49. The smallest absolute Gasteiger partial charge is 0.545 e. The average Bonchev–Trinajstić information content (AvgIpc) is 2.15. The molecule has 0 amide bonds. The van der Waals surface area contributed by atoms with Crippen LogP contribution in [0.25, 0.3) is 6.08 Å². The number of rotatable bonds is 3. The number of carboxylic acid groups (broad SMARTS) is 1. The molecule has 0 saturated heterocycles. The molecular weight excluding hydrogens is 276 g/mol. The summed E-state index contributed by atoms with van der Waals surface area (Å²) >= 11 is 0. The van der Waals surface area contributed by atoms with Crippen molar-refractivity contribution in [2.24, 2.45) is 0 Å². The third-order valence-electron chi connectivity index (χ3n) is 1.53. The van der Waals surface area contributed by atoms with Gasteiger partial charge in [-0.05, 0) is 23.8 Å². The molecule has 0 spiro atoms. The first-order chi connectivity index (χ1) is 6.22. The maximum Gasteiger partial charge on any atom is 1.00 e.